The number of hydrogen-bond donors (Lipinski definition) is 1. The molecule has 1 amide bonds. The van der Waals surface area contributed by atoms with E-state index in [1.807, 2.05) is 21.7 Å². The molecule has 0 radical (unpaired) electrons. The minimum atomic E-state index is -4.63. The maximum absolute atomic E-state index is 13.0. The maximum atomic E-state index is 13.0. The van der Waals surface area contributed by atoms with Crippen LogP contribution in [0.25, 0.3) is 5.65 Å². The van der Waals surface area contributed by atoms with Crippen molar-refractivity contribution >= 4 is 34.4 Å². The Morgan fingerprint density at radius 2 is 1.96 bits per heavy atom. The summed E-state index contributed by atoms with van der Waals surface area (Å²) in [5.41, 5.74) is 0.822. The van der Waals surface area contributed by atoms with Gasteiger partial charge in [0.05, 0.1) is 5.69 Å². The number of nitrogens with one attached hydrogen (secondary N) is 1. The van der Waals surface area contributed by atoms with Crippen molar-refractivity contribution in [1.82, 2.24) is 19.8 Å². The largest absolute Gasteiger partial charge is 0.453 e. The van der Waals surface area contributed by atoms with Gasteiger partial charge in [-0.15, -0.1) is 15.3 Å². The number of nitrogens with zero attached hydrogens (tertiary/aromatic N) is 5. The second-order valence-electron chi connectivity index (χ2n) is 6.25. The predicted molar refractivity (Wildman–Crippen MR) is 93.7 cm³/mol. The number of thiophene rings is 1. The summed E-state index contributed by atoms with van der Waals surface area (Å²) in [6.07, 6.45) is -3.42. The number of anilines is 2. The van der Waals surface area contributed by atoms with Gasteiger partial charge < -0.3 is 10.2 Å². The first-order valence-corrected chi connectivity index (χ1v) is 9.24. The minimum absolute atomic E-state index is 0.0328. The SMILES string of the molecule is O=C(Nc1ccsc1)C1CCN(c2ccc3nnc(C(F)(F)F)n3n2)CC1. The first-order chi connectivity index (χ1) is 12.9. The average Bonchev–Trinajstić information content (AvgIpc) is 3.30. The van der Waals surface area contributed by atoms with E-state index in [1.54, 1.807) is 6.07 Å². The van der Waals surface area contributed by atoms with Gasteiger partial charge in [0.2, 0.25) is 5.91 Å². The van der Waals surface area contributed by atoms with Crippen LogP contribution < -0.4 is 10.2 Å². The molecule has 4 rings (SSSR count). The first kappa shape index (κ1) is 17.7. The van der Waals surface area contributed by atoms with Crippen LogP contribution in [0.1, 0.15) is 18.7 Å². The lowest BCUT2D eigenvalue weighted by Gasteiger charge is -2.32. The van der Waals surface area contributed by atoms with Crippen molar-refractivity contribution in [2.24, 2.45) is 5.92 Å². The quantitative estimate of drug-likeness (QED) is 0.737. The second-order valence-corrected chi connectivity index (χ2v) is 7.03. The van der Waals surface area contributed by atoms with Crippen molar-refractivity contribution < 1.29 is 18.0 Å². The molecule has 27 heavy (non-hydrogen) atoms. The first-order valence-electron chi connectivity index (χ1n) is 8.29. The summed E-state index contributed by atoms with van der Waals surface area (Å²) >= 11 is 1.51. The predicted octanol–water partition coefficient (Wildman–Crippen LogP) is 3.06. The van der Waals surface area contributed by atoms with Crippen molar-refractivity contribution in [1.29, 1.82) is 0 Å². The summed E-state index contributed by atoms with van der Waals surface area (Å²) < 4.78 is 39.7. The molecule has 1 N–H and O–H groups in total. The number of halogens is 3. The topological polar surface area (TPSA) is 75.4 Å². The van der Waals surface area contributed by atoms with E-state index in [-0.39, 0.29) is 17.5 Å². The zero-order chi connectivity index (χ0) is 19.0. The highest BCUT2D eigenvalue weighted by atomic mass is 32.1. The number of piperidine rings is 1. The molecule has 1 aliphatic heterocycles. The third kappa shape index (κ3) is 3.59. The highest BCUT2D eigenvalue weighted by molar-refractivity contribution is 7.08. The third-order valence-corrected chi connectivity index (χ3v) is 5.16. The van der Waals surface area contributed by atoms with E-state index in [4.69, 9.17) is 0 Å². The third-order valence-electron chi connectivity index (χ3n) is 4.48. The van der Waals surface area contributed by atoms with Crippen LogP contribution in [-0.4, -0.2) is 38.8 Å². The number of fused-ring (bicyclic) bond motifs is 1. The van der Waals surface area contributed by atoms with Gasteiger partial charge in [0.15, 0.2) is 5.65 Å². The Labute approximate surface area is 155 Å². The van der Waals surface area contributed by atoms with E-state index >= 15 is 0 Å². The van der Waals surface area contributed by atoms with Crippen molar-refractivity contribution in [3.05, 3.63) is 34.8 Å². The number of aromatic nitrogens is 4. The van der Waals surface area contributed by atoms with Gasteiger partial charge in [0, 0.05) is 24.4 Å². The fourth-order valence-corrected chi connectivity index (χ4v) is 3.66. The number of hydrogen-bond acceptors (Lipinski definition) is 6. The van der Waals surface area contributed by atoms with E-state index in [9.17, 15) is 18.0 Å². The highest BCUT2D eigenvalue weighted by Gasteiger charge is 2.38. The lowest BCUT2D eigenvalue weighted by molar-refractivity contribution is -0.146. The molecule has 0 saturated carbocycles. The summed E-state index contributed by atoms with van der Waals surface area (Å²) in [6, 6.07) is 4.92. The lowest BCUT2D eigenvalue weighted by Crippen LogP contribution is -2.38. The Balaban J connectivity index is 1.45. The number of carbonyl (C=O) groups excluding carboxylic acids is 1. The second kappa shape index (κ2) is 6.80. The number of amides is 1. The van der Waals surface area contributed by atoms with Crippen LogP contribution in [0.2, 0.25) is 0 Å². The normalized spacial score (nSPS) is 16.0. The van der Waals surface area contributed by atoms with Gasteiger partial charge >= 0.3 is 6.18 Å². The Morgan fingerprint density at radius 3 is 2.63 bits per heavy atom. The molecule has 0 bridgehead atoms. The summed E-state index contributed by atoms with van der Waals surface area (Å²) in [7, 11) is 0. The van der Waals surface area contributed by atoms with E-state index in [0.29, 0.717) is 36.3 Å². The molecule has 11 heteroatoms. The number of carbonyl (C=O) groups is 1. The summed E-state index contributed by atoms with van der Waals surface area (Å²) in [4.78, 5) is 14.2. The summed E-state index contributed by atoms with van der Waals surface area (Å²) in [6.45, 7) is 1.06. The molecular formula is C16H15F3N6OS. The maximum Gasteiger partial charge on any atom is 0.453 e. The molecule has 3 aromatic heterocycles. The molecular weight excluding hydrogens is 381 g/mol. The smallest absolute Gasteiger partial charge is 0.355 e. The van der Waals surface area contributed by atoms with Crippen LogP contribution in [0.15, 0.2) is 29.0 Å². The summed E-state index contributed by atoms with van der Waals surface area (Å²) in [5.74, 6) is -0.908. The Hall–Kier alpha value is -2.69. The average molecular weight is 396 g/mol. The molecule has 0 aliphatic carbocycles. The van der Waals surface area contributed by atoms with E-state index < -0.39 is 12.0 Å². The van der Waals surface area contributed by atoms with Crippen LogP contribution in [0.5, 0.6) is 0 Å². The molecule has 7 nitrogen and oxygen atoms in total. The lowest BCUT2D eigenvalue weighted by atomic mass is 9.96. The van der Waals surface area contributed by atoms with Gasteiger partial charge in [-0.25, -0.2) is 0 Å². The zero-order valence-corrected chi connectivity index (χ0v) is 14.8. The summed E-state index contributed by atoms with van der Waals surface area (Å²) in [5, 5.41) is 17.4. The van der Waals surface area contributed by atoms with E-state index in [0.717, 1.165) is 5.69 Å². The molecule has 3 aromatic rings. The van der Waals surface area contributed by atoms with Crippen molar-refractivity contribution in [3.63, 3.8) is 0 Å². The fourth-order valence-electron chi connectivity index (χ4n) is 3.08. The monoisotopic (exact) mass is 396 g/mol. The van der Waals surface area contributed by atoms with E-state index in [1.165, 1.54) is 17.4 Å². The van der Waals surface area contributed by atoms with E-state index in [2.05, 4.69) is 20.6 Å². The van der Waals surface area contributed by atoms with Gasteiger partial charge in [0.25, 0.3) is 5.82 Å². The van der Waals surface area contributed by atoms with Gasteiger partial charge in [-0.2, -0.15) is 29.0 Å². The van der Waals surface area contributed by atoms with Gasteiger partial charge in [0.1, 0.15) is 5.82 Å². The molecule has 0 atom stereocenters. The Kier molecular flexibility index (Phi) is 4.46. The molecule has 4 heterocycles. The molecule has 0 aromatic carbocycles. The molecule has 0 spiro atoms. The van der Waals surface area contributed by atoms with Crippen molar-refractivity contribution in [2.75, 3.05) is 23.3 Å². The number of alkyl halides is 3. The standard InChI is InChI=1S/C16H15F3N6OS/c17-16(18,19)15-22-21-12-1-2-13(23-25(12)15)24-6-3-10(4-7-24)14(26)20-11-5-8-27-9-11/h1-2,5,8-10H,3-4,6-7H2,(H,20,26). The van der Waals surface area contributed by atoms with Crippen LogP contribution in [0, 0.1) is 5.92 Å². The fraction of sp³-hybridized carbons (Fsp3) is 0.375. The van der Waals surface area contributed by atoms with Crippen LogP contribution >= 0.6 is 11.3 Å². The van der Waals surface area contributed by atoms with Gasteiger partial charge in [-0.1, -0.05) is 0 Å². The number of rotatable bonds is 3. The Morgan fingerprint density at radius 1 is 1.19 bits per heavy atom. The minimum Gasteiger partial charge on any atom is -0.355 e. The molecule has 0 unspecified atom stereocenters. The van der Waals surface area contributed by atoms with Crippen molar-refractivity contribution in [2.45, 2.75) is 19.0 Å². The van der Waals surface area contributed by atoms with Crippen LogP contribution in [-0.2, 0) is 11.0 Å². The zero-order valence-electron chi connectivity index (χ0n) is 14.0. The van der Waals surface area contributed by atoms with Gasteiger partial charge in [-0.05, 0) is 36.4 Å². The van der Waals surface area contributed by atoms with Crippen LogP contribution in [0.3, 0.4) is 0 Å². The van der Waals surface area contributed by atoms with Crippen LogP contribution in [0.4, 0.5) is 24.7 Å². The molecule has 1 aliphatic rings. The van der Waals surface area contributed by atoms with Crippen molar-refractivity contribution in [3.8, 4) is 0 Å². The molecule has 142 valence electrons. The van der Waals surface area contributed by atoms with Gasteiger partial charge in [-0.3, -0.25) is 4.79 Å². The highest BCUT2D eigenvalue weighted by Crippen LogP contribution is 2.29. The molecule has 1 saturated heterocycles. The Bertz CT molecular complexity index is 947. The molecule has 1 fully saturated rings.